The summed E-state index contributed by atoms with van der Waals surface area (Å²) in [5.41, 5.74) is 0. The lowest BCUT2D eigenvalue weighted by Gasteiger charge is -2.21. The van der Waals surface area contributed by atoms with Crippen LogP contribution in [0.15, 0.2) is 0 Å². The summed E-state index contributed by atoms with van der Waals surface area (Å²) >= 11 is 0. The third kappa shape index (κ3) is 74.3. The normalized spacial score (nSPS) is 13.8. The van der Waals surface area contributed by atoms with Gasteiger partial charge in [0.2, 0.25) is 0 Å². The SMILES string of the molecule is CCCCCCCCCCCCCCCCCCCCCCCC(=O)O[C@H](COC(=O)CCCCCCCCCCCCCCCCC(C)C)COP(=O)(O)OC[C@@H](O)COP(=O)(O)OC[C@@H](COC(=O)CCCCCCC)OC(=O)CCCCCCCCCCCCCCCCCCC. The number of phosphoric acid groups is 2. The molecule has 0 saturated heterocycles. The average Bonchev–Trinajstić information content (AvgIpc) is 0.932. The van der Waals surface area contributed by atoms with Gasteiger partial charge in [-0.1, -0.05) is 381 Å². The summed E-state index contributed by atoms with van der Waals surface area (Å²) in [4.78, 5) is 72.7. The van der Waals surface area contributed by atoms with Crippen molar-refractivity contribution in [2.45, 2.75) is 451 Å². The summed E-state index contributed by atoms with van der Waals surface area (Å²) in [5, 5.41) is 10.6. The molecule has 0 aromatic carbocycles. The molecular formula is C81H158O17P2. The maximum Gasteiger partial charge on any atom is 0.472 e. The Morgan fingerprint density at radius 3 is 0.680 bits per heavy atom. The second-order valence-electron chi connectivity index (χ2n) is 29.6. The topological polar surface area (TPSA) is 237 Å². The molecule has 0 rings (SSSR count). The van der Waals surface area contributed by atoms with Gasteiger partial charge in [0.15, 0.2) is 12.2 Å². The van der Waals surface area contributed by atoms with Gasteiger partial charge in [0.1, 0.15) is 19.3 Å². The standard InChI is InChI=1S/C81H158O17P2/c1-6-9-12-15-17-19-21-23-25-27-28-29-30-32-34-40-44-48-52-57-62-67-81(86)98-77(71-92-79(84)65-60-55-50-46-42-38-36-35-37-41-45-49-54-58-63-74(4)5)73-96-100(89,90)94-69-75(82)68-93-99(87,88)95-72-76(70-91-78(83)64-59-53-14-11-8-3)97-80(85)66-61-56-51-47-43-39-33-31-26-24-22-20-18-16-13-10-7-2/h74-77,82H,6-73H2,1-5H3,(H,87,88)(H,89,90)/t75-,76+,77+/m0/s1. The van der Waals surface area contributed by atoms with E-state index in [0.29, 0.717) is 25.7 Å². The van der Waals surface area contributed by atoms with Gasteiger partial charge >= 0.3 is 39.5 Å². The lowest BCUT2D eigenvalue weighted by molar-refractivity contribution is -0.161. The van der Waals surface area contributed by atoms with Crippen molar-refractivity contribution in [2.24, 2.45) is 5.92 Å². The number of carbonyl (C=O) groups excluding carboxylic acids is 4. The summed E-state index contributed by atoms with van der Waals surface area (Å²) < 4.78 is 68.5. The highest BCUT2D eigenvalue weighted by molar-refractivity contribution is 7.47. The number of phosphoric ester groups is 2. The number of esters is 4. The summed E-state index contributed by atoms with van der Waals surface area (Å²) in [7, 11) is -9.91. The van der Waals surface area contributed by atoms with E-state index in [1.807, 2.05) is 0 Å². The molecule has 594 valence electrons. The number of unbranched alkanes of at least 4 members (excludes halogenated alkanes) is 53. The molecule has 0 fully saturated rings. The smallest absolute Gasteiger partial charge is 0.462 e. The molecule has 0 amide bonds. The first-order chi connectivity index (χ1) is 48.5. The minimum atomic E-state index is -4.96. The number of hydrogen-bond acceptors (Lipinski definition) is 15. The van der Waals surface area contributed by atoms with Crippen molar-refractivity contribution in [3.8, 4) is 0 Å². The van der Waals surface area contributed by atoms with Crippen LogP contribution in [0.25, 0.3) is 0 Å². The van der Waals surface area contributed by atoms with Crippen molar-refractivity contribution in [1.29, 1.82) is 0 Å². The number of carbonyl (C=O) groups is 4. The molecule has 0 radical (unpaired) electrons. The van der Waals surface area contributed by atoms with Crippen molar-refractivity contribution >= 4 is 39.5 Å². The van der Waals surface area contributed by atoms with Crippen LogP contribution in [0.1, 0.15) is 433 Å². The van der Waals surface area contributed by atoms with E-state index >= 15 is 0 Å². The molecular weight excluding hydrogens is 1310 g/mol. The Balaban J connectivity index is 5.11. The average molecular weight is 1470 g/mol. The van der Waals surface area contributed by atoms with Gasteiger partial charge in [-0.2, -0.15) is 0 Å². The molecule has 0 aromatic heterocycles. The molecule has 0 bridgehead atoms. The van der Waals surface area contributed by atoms with E-state index in [1.165, 1.54) is 250 Å². The van der Waals surface area contributed by atoms with Gasteiger partial charge in [0, 0.05) is 25.7 Å². The largest absolute Gasteiger partial charge is 0.472 e. The third-order valence-corrected chi connectivity index (χ3v) is 20.9. The second-order valence-corrected chi connectivity index (χ2v) is 32.5. The molecule has 0 aliphatic carbocycles. The summed E-state index contributed by atoms with van der Waals surface area (Å²) in [5.74, 6) is -1.32. The molecule has 2 unspecified atom stereocenters. The lowest BCUT2D eigenvalue weighted by Crippen LogP contribution is -2.30. The van der Waals surface area contributed by atoms with Crippen LogP contribution in [-0.4, -0.2) is 96.7 Å². The fourth-order valence-electron chi connectivity index (χ4n) is 12.6. The first-order valence-electron chi connectivity index (χ1n) is 42.1. The maximum absolute atomic E-state index is 13.1. The van der Waals surface area contributed by atoms with E-state index in [2.05, 4.69) is 34.6 Å². The highest BCUT2D eigenvalue weighted by atomic mass is 31.2. The fraction of sp³-hybridized carbons (Fsp3) is 0.951. The van der Waals surface area contributed by atoms with Crippen molar-refractivity contribution in [3.05, 3.63) is 0 Å². The minimum Gasteiger partial charge on any atom is -0.462 e. The molecule has 0 saturated carbocycles. The van der Waals surface area contributed by atoms with Crippen LogP contribution in [0.4, 0.5) is 0 Å². The Morgan fingerprint density at radius 2 is 0.460 bits per heavy atom. The van der Waals surface area contributed by atoms with Crippen LogP contribution in [-0.2, 0) is 65.4 Å². The number of aliphatic hydroxyl groups excluding tert-OH is 1. The first kappa shape index (κ1) is 98.1. The minimum absolute atomic E-state index is 0.108. The predicted molar refractivity (Wildman–Crippen MR) is 409 cm³/mol. The molecule has 0 heterocycles. The molecule has 0 spiro atoms. The highest BCUT2D eigenvalue weighted by Crippen LogP contribution is 2.45. The van der Waals surface area contributed by atoms with Crippen LogP contribution in [0.5, 0.6) is 0 Å². The molecule has 19 heteroatoms. The zero-order chi connectivity index (χ0) is 73.4. The van der Waals surface area contributed by atoms with E-state index in [1.54, 1.807) is 0 Å². The molecule has 17 nitrogen and oxygen atoms in total. The fourth-order valence-corrected chi connectivity index (χ4v) is 14.2. The number of hydrogen-bond donors (Lipinski definition) is 3. The highest BCUT2D eigenvalue weighted by Gasteiger charge is 2.30. The Morgan fingerprint density at radius 1 is 0.270 bits per heavy atom. The lowest BCUT2D eigenvalue weighted by atomic mass is 10.0. The Labute approximate surface area is 613 Å². The van der Waals surface area contributed by atoms with Crippen LogP contribution in [0.2, 0.25) is 0 Å². The van der Waals surface area contributed by atoms with Crippen LogP contribution in [0.3, 0.4) is 0 Å². The van der Waals surface area contributed by atoms with Crippen molar-refractivity contribution in [1.82, 2.24) is 0 Å². The number of ether oxygens (including phenoxy) is 4. The van der Waals surface area contributed by atoms with Gasteiger partial charge in [-0.3, -0.25) is 37.3 Å². The van der Waals surface area contributed by atoms with Crippen LogP contribution >= 0.6 is 15.6 Å². The number of rotatable bonds is 81. The zero-order valence-electron chi connectivity index (χ0n) is 65.3. The van der Waals surface area contributed by atoms with Gasteiger partial charge < -0.3 is 33.8 Å². The molecule has 0 aromatic rings. The molecule has 100 heavy (non-hydrogen) atoms. The van der Waals surface area contributed by atoms with Crippen molar-refractivity contribution in [3.63, 3.8) is 0 Å². The maximum atomic E-state index is 13.1. The summed E-state index contributed by atoms with van der Waals surface area (Å²) in [6.07, 6.45) is 65.7. The van der Waals surface area contributed by atoms with Crippen molar-refractivity contribution < 1.29 is 80.2 Å². The van der Waals surface area contributed by atoms with E-state index in [9.17, 15) is 43.2 Å². The van der Waals surface area contributed by atoms with Gasteiger partial charge in [-0.05, 0) is 31.6 Å². The second kappa shape index (κ2) is 73.9. The zero-order valence-corrected chi connectivity index (χ0v) is 67.1. The van der Waals surface area contributed by atoms with E-state index in [4.69, 9.17) is 37.0 Å². The predicted octanol–water partition coefficient (Wildman–Crippen LogP) is 24.4. The quantitative estimate of drug-likeness (QED) is 0.0222. The molecule has 0 aliphatic rings. The van der Waals surface area contributed by atoms with E-state index in [0.717, 1.165) is 102 Å². The Bertz CT molecular complexity index is 1910. The van der Waals surface area contributed by atoms with E-state index < -0.39 is 97.5 Å². The molecule has 3 N–H and O–H groups in total. The van der Waals surface area contributed by atoms with Crippen LogP contribution < -0.4 is 0 Å². The Hall–Kier alpha value is -1.94. The first-order valence-corrected chi connectivity index (χ1v) is 45.1. The Kier molecular flexibility index (Phi) is 72.5. The summed E-state index contributed by atoms with van der Waals surface area (Å²) in [6.45, 7) is 7.27. The van der Waals surface area contributed by atoms with Gasteiger partial charge in [0.05, 0.1) is 26.4 Å². The van der Waals surface area contributed by atoms with Gasteiger partial charge in [0.25, 0.3) is 0 Å². The summed E-state index contributed by atoms with van der Waals surface area (Å²) in [6, 6.07) is 0. The van der Waals surface area contributed by atoms with Crippen LogP contribution in [0, 0.1) is 5.92 Å². The van der Waals surface area contributed by atoms with E-state index in [-0.39, 0.29) is 25.7 Å². The third-order valence-electron chi connectivity index (χ3n) is 19.0. The monoisotopic (exact) mass is 1470 g/mol. The van der Waals surface area contributed by atoms with Gasteiger partial charge in [-0.25, -0.2) is 9.13 Å². The van der Waals surface area contributed by atoms with Crippen molar-refractivity contribution in [2.75, 3.05) is 39.6 Å². The molecule has 0 aliphatic heterocycles. The van der Waals surface area contributed by atoms with Gasteiger partial charge in [-0.15, -0.1) is 0 Å². The number of aliphatic hydroxyl groups is 1. The molecule has 5 atom stereocenters.